The summed E-state index contributed by atoms with van der Waals surface area (Å²) in [7, 11) is 0. The first kappa shape index (κ1) is 13.9. The third-order valence-corrected chi connectivity index (χ3v) is 2.73. The van der Waals surface area contributed by atoms with Gasteiger partial charge >= 0.3 is 0 Å². The van der Waals surface area contributed by atoms with Crippen molar-refractivity contribution in [3.8, 4) is 0 Å². The standard InChI is InChI=1S/C13H14FN5O/c1-8(9-3-2-4-10(14)5-9)18-13(20)11-6-17-12(19-15)7-16-11/h2-8H,15H2,1H3,(H,17,19)(H,18,20). The highest BCUT2D eigenvalue weighted by Gasteiger charge is 2.13. The predicted molar refractivity (Wildman–Crippen MR) is 72.1 cm³/mol. The fourth-order valence-corrected chi connectivity index (χ4v) is 1.65. The molecule has 0 aliphatic carbocycles. The summed E-state index contributed by atoms with van der Waals surface area (Å²) in [4.78, 5) is 19.8. The van der Waals surface area contributed by atoms with Gasteiger partial charge in [-0.15, -0.1) is 0 Å². The van der Waals surface area contributed by atoms with E-state index >= 15 is 0 Å². The van der Waals surface area contributed by atoms with E-state index in [1.54, 1.807) is 19.1 Å². The molecule has 0 aliphatic heterocycles. The second-order valence-electron chi connectivity index (χ2n) is 4.18. The maximum Gasteiger partial charge on any atom is 0.271 e. The Bertz CT molecular complexity index is 602. The van der Waals surface area contributed by atoms with Crippen LogP contribution in [0.1, 0.15) is 29.0 Å². The van der Waals surface area contributed by atoms with Crippen molar-refractivity contribution in [1.29, 1.82) is 0 Å². The summed E-state index contributed by atoms with van der Waals surface area (Å²) in [6, 6.07) is 5.71. The Hall–Kier alpha value is -2.54. The molecule has 7 heteroatoms. The van der Waals surface area contributed by atoms with Crippen molar-refractivity contribution in [3.05, 3.63) is 53.7 Å². The van der Waals surface area contributed by atoms with Crippen molar-refractivity contribution in [1.82, 2.24) is 15.3 Å². The Morgan fingerprint density at radius 3 is 2.75 bits per heavy atom. The van der Waals surface area contributed by atoms with Crippen LogP contribution in [0.15, 0.2) is 36.7 Å². The van der Waals surface area contributed by atoms with Crippen LogP contribution in [0.5, 0.6) is 0 Å². The lowest BCUT2D eigenvalue weighted by atomic mass is 10.1. The highest BCUT2D eigenvalue weighted by Crippen LogP contribution is 2.14. The number of aromatic nitrogens is 2. The Morgan fingerprint density at radius 2 is 2.15 bits per heavy atom. The van der Waals surface area contributed by atoms with Gasteiger partial charge < -0.3 is 10.7 Å². The lowest BCUT2D eigenvalue weighted by molar-refractivity contribution is 0.0934. The molecule has 0 fully saturated rings. The second kappa shape index (κ2) is 6.07. The fourth-order valence-electron chi connectivity index (χ4n) is 1.65. The van der Waals surface area contributed by atoms with Gasteiger partial charge in [-0.1, -0.05) is 12.1 Å². The number of rotatable bonds is 4. The number of anilines is 1. The van der Waals surface area contributed by atoms with E-state index in [1.807, 2.05) is 0 Å². The van der Waals surface area contributed by atoms with Crippen LogP contribution in [-0.4, -0.2) is 15.9 Å². The summed E-state index contributed by atoms with van der Waals surface area (Å²) < 4.78 is 13.1. The molecule has 4 N–H and O–H groups in total. The quantitative estimate of drug-likeness (QED) is 0.579. The van der Waals surface area contributed by atoms with Crippen LogP contribution < -0.4 is 16.6 Å². The largest absolute Gasteiger partial charge is 0.344 e. The number of nitrogens with two attached hydrogens (primary N) is 1. The van der Waals surface area contributed by atoms with Gasteiger partial charge in [-0.3, -0.25) is 4.79 Å². The first-order valence-electron chi connectivity index (χ1n) is 5.95. The average Bonchev–Trinajstić information content (AvgIpc) is 2.47. The molecule has 0 saturated carbocycles. The van der Waals surface area contributed by atoms with Crippen LogP contribution in [0.25, 0.3) is 0 Å². The molecule has 20 heavy (non-hydrogen) atoms. The Labute approximate surface area is 115 Å². The van der Waals surface area contributed by atoms with Gasteiger partial charge in [-0.2, -0.15) is 0 Å². The molecule has 1 heterocycles. The zero-order valence-electron chi connectivity index (χ0n) is 10.8. The summed E-state index contributed by atoms with van der Waals surface area (Å²) in [5.74, 6) is 4.78. The number of amides is 1. The SMILES string of the molecule is CC(NC(=O)c1cnc(NN)cn1)c1cccc(F)c1. The smallest absolute Gasteiger partial charge is 0.271 e. The van der Waals surface area contributed by atoms with Crippen LogP contribution in [0, 0.1) is 5.82 Å². The van der Waals surface area contributed by atoms with Crippen LogP contribution >= 0.6 is 0 Å². The van der Waals surface area contributed by atoms with Gasteiger partial charge in [0.25, 0.3) is 5.91 Å². The third kappa shape index (κ3) is 3.27. The minimum atomic E-state index is -0.391. The maximum atomic E-state index is 13.1. The van der Waals surface area contributed by atoms with E-state index in [-0.39, 0.29) is 17.6 Å². The molecular formula is C13H14FN5O. The van der Waals surface area contributed by atoms with Crippen molar-refractivity contribution < 1.29 is 9.18 Å². The summed E-state index contributed by atoms with van der Waals surface area (Å²) in [5.41, 5.74) is 3.15. The van der Waals surface area contributed by atoms with Gasteiger partial charge in [-0.25, -0.2) is 20.2 Å². The maximum absolute atomic E-state index is 13.1. The van der Waals surface area contributed by atoms with Crippen LogP contribution in [-0.2, 0) is 0 Å². The van der Waals surface area contributed by atoms with Gasteiger partial charge in [0.15, 0.2) is 5.82 Å². The number of carbonyl (C=O) groups is 1. The van der Waals surface area contributed by atoms with Gasteiger partial charge in [0, 0.05) is 0 Å². The normalized spacial score (nSPS) is 11.8. The second-order valence-corrected chi connectivity index (χ2v) is 4.18. The lowest BCUT2D eigenvalue weighted by Gasteiger charge is -2.14. The molecule has 0 saturated heterocycles. The monoisotopic (exact) mass is 275 g/mol. The molecular weight excluding hydrogens is 261 g/mol. The number of benzene rings is 1. The van der Waals surface area contributed by atoms with E-state index in [0.717, 1.165) is 0 Å². The number of nitrogens with one attached hydrogen (secondary N) is 2. The summed E-state index contributed by atoms with van der Waals surface area (Å²) in [6.07, 6.45) is 2.66. The number of nitrogens with zero attached hydrogens (tertiary/aromatic N) is 2. The van der Waals surface area contributed by atoms with Crippen molar-refractivity contribution in [2.24, 2.45) is 5.84 Å². The Morgan fingerprint density at radius 1 is 1.35 bits per heavy atom. The predicted octanol–water partition coefficient (Wildman–Crippen LogP) is 1.39. The lowest BCUT2D eigenvalue weighted by Crippen LogP contribution is -2.27. The zero-order valence-corrected chi connectivity index (χ0v) is 10.8. The molecule has 1 amide bonds. The molecule has 1 aromatic heterocycles. The number of nitrogen functional groups attached to an aromatic ring is 1. The van der Waals surface area contributed by atoms with Gasteiger partial charge in [0.1, 0.15) is 11.5 Å². The van der Waals surface area contributed by atoms with E-state index in [1.165, 1.54) is 24.5 Å². The summed E-state index contributed by atoms with van der Waals surface area (Å²) in [5, 5.41) is 2.72. The first-order valence-corrected chi connectivity index (χ1v) is 5.95. The van der Waals surface area contributed by atoms with E-state index < -0.39 is 5.91 Å². The topological polar surface area (TPSA) is 92.9 Å². The zero-order chi connectivity index (χ0) is 14.5. The Kier molecular flexibility index (Phi) is 4.21. The van der Waals surface area contributed by atoms with E-state index in [0.29, 0.717) is 11.4 Å². The van der Waals surface area contributed by atoms with Crippen molar-refractivity contribution >= 4 is 11.7 Å². The number of hydrogen-bond donors (Lipinski definition) is 3. The summed E-state index contributed by atoms with van der Waals surface area (Å²) in [6.45, 7) is 1.76. The molecule has 0 radical (unpaired) electrons. The first-order chi connectivity index (χ1) is 9.60. The number of hydrazine groups is 1. The average molecular weight is 275 g/mol. The molecule has 0 spiro atoms. The molecule has 1 unspecified atom stereocenters. The molecule has 1 atom stereocenters. The van der Waals surface area contributed by atoms with Crippen LogP contribution in [0.4, 0.5) is 10.2 Å². The highest BCUT2D eigenvalue weighted by atomic mass is 19.1. The van der Waals surface area contributed by atoms with E-state index in [4.69, 9.17) is 5.84 Å². The van der Waals surface area contributed by atoms with Crippen molar-refractivity contribution in [2.75, 3.05) is 5.43 Å². The molecule has 104 valence electrons. The van der Waals surface area contributed by atoms with Gasteiger partial charge in [0.05, 0.1) is 18.4 Å². The third-order valence-electron chi connectivity index (χ3n) is 2.73. The minimum Gasteiger partial charge on any atom is -0.344 e. The minimum absolute atomic E-state index is 0.159. The summed E-state index contributed by atoms with van der Waals surface area (Å²) >= 11 is 0. The number of halogens is 1. The molecule has 6 nitrogen and oxygen atoms in total. The van der Waals surface area contributed by atoms with E-state index in [9.17, 15) is 9.18 Å². The molecule has 0 aliphatic rings. The van der Waals surface area contributed by atoms with Crippen molar-refractivity contribution in [2.45, 2.75) is 13.0 Å². The Balaban J connectivity index is 2.06. The molecule has 0 bridgehead atoms. The molecule has 1 aromatic carbocycles. The van der Waals surface area contributed by atoms with Gasteiger partial charge in [0.2, 0.25) is 0 Å². The van der Waals surface area contributed by atoms with Crippen molar-refractivity contribution in [3.63, 3.8) is 0 Å². The van der Waals surface area contributed by atoms with Crippen LogP contribution in [0.2, 0.25) is 0 Å². The molecule has 2 aromatic rings. The van der Waals surface area contributed by atoms with E-state index in [2.05, 4.69) is 20.7 Å². The molecule has 2 rings (SSSR count). The van der Waals surface area contributed by atoms with Gasteiger partial charge in [-0.05, 0) is 24.6 Å². The van der Waals surface area contributed by atoms with Crippen LogP contribution in [0.3, 0.4) is 0 Å². The highest BCUT2D eigenvalue weighted by molar-refractivity contribution is 5.92. The number of carbonyl (C=O) groups excluding carboxylic acids is 1. The fraction of sp³-hybridized carbons (Fsp3) is 0.154. The number of hydrogen-bond acceptors (Lipinski definition) is 5.